The van der Waals surface area contributed by atoms with Gasteiger partial charge in [0.15, 0.2) is 0 Å². The lowest BCUT2D eigenvalue weighted by molar-refractivity contribution is 0.239. The molecule has 0 amide bonds. The first kappa shape index (κ1) is 16.2. The first-order chi connectivity index (χ1) is 9.63. The molecule has 0 spiro atoms. The summed E-state index contributed by atoms with van der Waals surface area (Å²) in [5, 5.41) is 3.44. The molecule has 5 heteroatoms. The molecule has 1 saturated carbocycles. The van der Waals surface area contributed by atoms with Crippen LogP contribution in [0.5, 0.6) is 0 Å². The van der Waals surface area contributed by atoms with Crippen molar-refractivity contribution < 1.29 is 8.42 Å². The molecule has 2 rings (SSSR count). The Morgan fingerprint density at radius 2 is 1.95 bits per heavy atom. The average Bonchev–Trinajstić information content (AvgIpc) is 3.23. The third kappa shape index (κ3) is 5.01. The molecular weight excluding hydrogens is 272 g/mol. The number of nitrogens with zero attached hydrogens (tertiary/aromatic N) is 1. The Morgan fingerprint density at radius 1 is 1.15 bits per heavy atom. The molecule has 1 saturated heterocycles. The lowest BCUT2D eigenvalue weighted by atomic mass is 10.0. The Kier molecular flexibility index (Phi) is 6.30. The minimum absolute atomic E-state index is 0.267. The maximum atomic E-state index is 12.5. The van der Waals surface area contributed by atoms with Crippen molar-refractivity contribution in [3.8, 4) is 0 Å². The molecular formula is C15H30N2O2S. The zero-order valence-electron chi connectivity index (χ0n) is 12.8. The van der Waals surface area contributed by atoms with Crippen molar-refractivity contribution in [3.05, 3.63) is 0 Å². The Morgan fingerprint density at radius 3 is 2.65 bits per heavy atom. The van der Waals surface area contributed by atoms with Crippen LogP contribution in [0.4, 0.5) is 0 Å². The second kappa shape index (κ2) is 7.76. The Balaban J connectivity index is 1.74. The standard InChI is InChI=1S/C15H30N2O2S/c1-2-7-15-8-3-5-12-17(15)20(18,19)13-6-4-11-16-14-9-10-14/h14-16H,2-13H2,1H3. The summed E-state index contributed by atoms with van der Waals surface area (Å²) in [4.78, 5) is 0. The van der Waals surface area contributed by atoms with Crippen LogP contribution in [-0.2, 0) is 10.0 Å². The molecule has 1 unspecified atom stereocenters. The van der Waals surface area contributed by atoms with Gasteiger partial charge in [0, 0.05) is 18.6 Å². The minimum Gasteiger partial charge on any atom is -0.314 e. The average molecular weight is 302 g/mol. The number of unbranched alkanes of at least 4 members (excludes halogenated alkanes) is 1. The third-order valence-corrected chi connectivity index (χ3v) is 6.39. The SMILES string of the molecule is CCCC1CCCCN1S(=O)(=O)CCCCNC1CC1. The molecule has 1 aliphatic heterocycles. The number of hydrogen-bond acceptors (Lipinski definition) is 3. The lowest BCUT2D eigenvalue weighted by Gasteiger charge is -2.34. The smallest absolute Gasteiger partial charge is 0.214 e. The van der Waals surface area contributed by atoms with Gasteiger partial charge in [0.2, 0.25) is 10.0 Å². The zero-order chi connectivity index (χ0) is 14.4. The van der Waals surface area contributed by atoms with Crippen LogP contribution in [-0.4, -0.2) is 43.6 Å². The summed E-state index contributed by atoms with van der Waals surface area (Å²) < 4.78 is 26.8. The summed E-state index contributed by atoms with van der Waals surface area (Å²) in [5.74, 6) is 0.333. The summed E-state index contributed by atoms with van der Waals surface area (Å²) in [6.45, 7) is 3.86. The van der Waals surface area contributed by atoms with Crippen molar-refractivity contribution in [2.45, 2.75) is 76.8 Å². The van der Waals surface area contributed by atoms with Gasteiger partial charge in [-0.3, -0.25) is 0 Å². The van der Waals surface area contributed by atoms with E-state index in [1.54, 1.807) is 0 Å². The normalized spacial score (nSPS) is 24.9. The van der Waals surface area contributed by atoms with Gasteiger partial charge in [-0.25, -0.2) is 8.42 Å². The number of sulfonamides is 1. The van der Waals surface area contributed by atoms with Crippen molar-refractivity contribution in [2.75, 3.05) is 18.8 Å². The van der Waals surface area contributed by atoms with E-state index in [-0.39, 0.29) is 6.04 Å². The van der Waals surface area contributed by atoms with Gasteiger partial charge in [-0.05, 0) is 51.5 Å². The Hall–Kier alpha value is -0.130. The largest absolute Gasteiger partial charge is 0.314 e. The van der Waals surface area contributed by atoms with Crippen LogP contribution in [0, 0.1) is 0 Å². The van der Waals surface area contributed by atoms with Crippen LogP contribution >= 0.6 is 0 Å². The van der Waals surface area contributed by atoms with Crippen LogP contribution in [0.15, 0.2) is 0 Å². The molecule has 2 aliphatic rings. The lowest BCUT2D eigenvalue weighted by Crippen LogP contribution is -2.44. The van der Waals surface area contributed by atoms with Crippen LogP contribution in [0.2, 0.25) is 0 Å². The van der Waals surface area contributed by atoms with Gasteiger partial charge in [-0.2, -0.15) is 4.31 Å². The van der Waals surface area contributed by atoms with Gasteiger partial charge in [0.05, 0.1) is 5.75 Å². The maximum absolute atomic E-state index is 12.5. The molecule has 1 N–H and O–H groups in total. The van der Waals surface area contributed by atoms with Gasteiger partial charge < -0.3 is 5.32 Å². The molecule has 0 aromatic rings. The molecule has 2 fully saturated rings. The second-order valence-corrected chi connectivity index (χ2v) is 8.34. The molecule has 0 bridgehead atoms. The fourth-order valence-electron chi connectivity index (χ4n) is 3.08. The van der Waals surface area contributed by atoms with Crippen LogP contribution < -0.4 is 5.32 Å². The highest BCUT2D eigenvalue weighted by Crippen LogP contribution is 2.24. The molecule has 0 radical (unpaired) electrons. The van der Waals surface area contributed by atoms with Crippen molar-refractivity contribution in [3.63, 3.8) is 0 Å². The summed E-state index contributed by atoms with van der Waals surface area (Å²) in [6.07, 6.45) is 9.71. The summed E-state index contributed by atoms with van der Waals surface area (Å²) >= 11 is 0. The number of nitrogens with one attached hydrogen (secondary N) is 1. The quantitative estimate of drug-likeness (QED) is 0.666. The minimum atomic E-state index is -3.03. The Labute approximate surface area is 124 Å². The van der Waals surface area contributed by atoms with Gasteiger partial charge >= 0.3 is 0 Å². The molecule has 118 valence electrons. The number of piperidine rings is 1. The third-order valence-electron chi connectivity index (χ3n) is 4.39. The van der Waals surface area contributed by atoms with Crippen LogP contribution in [0.3, 0.4) is 0 Å². The van der Waals surface area contributed by atoms with E-state index in [0.717, 1.165) is 57.7 Å². The van der Waals surface area contributed by atoms with Gasteiger partial charge in [0.25, 0.3) is 0 Å². The maximum Gasteiger partial charge on any atom is 0.214 e. The molecule has 1 atom stereocenters. The summed E-state index contributed by atoms with van der Waals surface area (Å²) in [7, 11) is -3.03. The first-order valence-electron chi connectivity index (χ1n) is 8.36. The first-order valence-corrected chi connectivity index (χ1v) is 9.97. The van der Waals surface area contributed by atoms with Crippen molar-refractivity contribution in [2.24, 2.45) is 0 Å². The van der Waals surface area contributed by atoms with Crippen molar-refractivity contribution >= 4 is 10.0 Å². The molecule has 0 aromatic heterocycles. The predicted molar refractivity (Wildman–Crippen MR) is 83.3 cm³/mol. The highest BCUT2D eigenvalue weighted by Gasteiger charge is 2.31. The highest BCUT2D eigenvalue weighted by molar-refractivity contribution is 7.89. The van der Waals surface area contributed by atoms with Gasteiger partial charge in [0.1, 0.15) is 0 Å². The molecule has 1 aliphatic carbocycles. The van der Waals surface area contributed by atoms with E-state index in [2.05, 4.69) is 12.2 Å². The topological polar surface area (TPSA) is 49.4 Å². The molecule has 0 aromatic carbocycles. The van der Waals surface area contributed by atoms with E-state index in [9.17, 15) is 8.42 Å². The fraction of sp³-hybridized carbons (Fsp3) is 1.00. The highest BCUT2D eigenvalue weighted by atomic mass is 32.2. The van der Waals surface area contributed by atoms with E-state index in [0.29, 0.717) is 5.75 Å². The van der Waals surface area contributed by atoms with Crippen molar-refractivity contribution in [1.82, 2.24) is 9.62 Å². The van der Waals surface area contributed by atoms with E-state index in [1.165, 1.54) is 19.3 Å². The molecule has 4 nitrogen and oxygen atoms in total. The van der Waals surface area contributed by atoms with E-state index >= 15 is 0 Å². The van der Waals surface area contributed by atoms with Gasteiger partial charge in [-0.1, -0.05) is 19.8 Å². The second-order valence-electron chi connectivity index (χ2n) is 6.30. The van der Waals surface area contributed by atoms with E-state index in [4.69, 9.17) is 0 Å². The van der Waals surface area contributed by atoms with E-state index in [1.807, 2.05) is 4.31 Å². The monoisotopic (exact) mass is 302 g/mol. The van der Waals surface area contributed by atoms with E-state index < -0.39 is 10.0 Å². The fourth-order valence-corrected chi connectivity index (χ4v) is 4.96. The summed E-state index contributed by atoms with van der Waals surface area (Å²) in [5.41, 5.74) is 0. The number of hydrogen-bond donors (Lipinski definition) is 1. The molecule has 20 heavy (non-hydrogen) atoms. The predicted octanol–water partition coefficient (Wildman–Crippen LogP) is 2.50. The zero-order valence-corrected chi connectivity index (χ0v) is 13.6. The molecule has 1 heterocycles. The van der Waals surface area contributed by atoms with Crippen molar-refractivity contribution in [1.29, 1.82) is 0 Å². The number of rotatable bonds is 9. The Bertz CT molecular complexity index is 377. The van der Waals surface area contributed by atoms with Gasteiger partial charge in [-0.15, -0.1) is 0 Å². The van der Waals surface area contributed by atoms with Crippen LogP contribution in [0.1, 0.15) is 64.7 Å². The summed E-state index contributed by atoms with van der Waals surface area (Å²) in [6, 6.07) is 0.992. The van der Waals surface area contributed by atoms with Crippen LogP contribution in [0.25, 0.3) is 0 Å².